The van der Waals surface area contributed by atoms with E-state index in [0.29, 0.717) is 19.4 Å². The van der Waals surface area contributed by atoms with Gasteiger partial charge in [-0.2, -0.15) is 13.2 Å². The SMILES string of the molecule is CCCCCC(CC(=O)NCc1ccccc1)Cc1ccc(C(F)(F)F)cc1. The third kappa shape index (κ3) is 7.75. The van der Waals surface area contributed by atoms with Gasteiger partial charge in [0.25, 0.3) is 0 Å². The van der Waals surface area contributed by atoms with Gasteiger partial charge < -0.3 is 5.32 Å². The third-order valence-electron chi connectivity index (χ3n) is 4.83. The molecule has 1 unspecified atom stereocenters. The predicted octanol–water partition coefficient (Wildman–Crippen LogP) is 6.15. The number of alkyl halides is 3. The van der Waals surface area contributed by atoms with E-state index in [4.69, 9.17) is 0 Å². The molecule has 5 heteroatoms. The fourth-order valence-electron chi connectivity index (χ4n) is 3.25. The van der Waals surface area contributed by atoms with Crippen molar-refractivity contribution in [1.29, 1.82) is 0 Å². The quantitative estimate of drug-likeness (QED) is 0.484. The average Bonchev–Trinajstić information content (AvgIpc) is 2.67. The van der Waals surface area contributed by atoms with Crippen molar-refractivity contribution < 1.29 is 18.0 Å². The van der Waals surface area contributed by atoms with Gasteiger partial charge in [0.15, 0.2) is 0 Å². The summed E-state index contributed by atoms with van der Waals surface area (Å²) in [6.45, 7) is 2.61. The second-order valence-electron chi connectivity index (χ2n) is 7.23. The van der Waals surface area contributed by atoms with Gasteiger partial charge >= 0.3 is 6.18 Å². The summed E-state index contributed by atoms with van der Waals surface area (Å²) in [5.41, 5.74) is 1.24. The van der Waals surface area contributed by atoms with Crippen molar-refractivity contribution in [1.82, 2.24) is 5.32 Å². The van der Waals surface area contributed by atoms with Crippen molar-refractivity contribution >= 4 is 5.91 Å². The third-order valence-corrected chi connectivity index (χ3v) is 4.83. The minimum Gasteiger partial charge on any atom is -0.352 e. The molecule has 2 rings (SSSR count). The van der Waals surface area contributed by atoms with Gasteiger partial charge in [-0.3, -0.25) is 4.79 Å². The summed E-state index contributed by atoms with van der Waals surface area (Å²) in [6.07, 6.45) is 0.776. The molecule has 0 spiro atoms. The van der Waals surface area contributed by atoms with E-state index in [-0.39, 0.29) is 11.8 Å². The lowest BCUT2D eigenvalue weighted by molar-refractivity contribution is -0.137. The first kappa shape index (κ1) is 22.0. The van der Waals surface area contributed by atoms with E-state index in [1.807, 2.05) is 30.3 Å². The summed E-state index contributed by atoms with van der Waals surface area (Å²) in [5.74, 6) is 0.108. The van der Waals surface area contributed by atoms with Gasteiger partial charge in [-0.1, -0.05) is 68.7 Å². The van der Waals surface area contributed by atoms with Crippen LogP contribution in [0.3, 0.4) is 0 Å². The van der Waals surface area contributed by atoms with Crippen molar-refractivity contribution in [2.24, 2.45) is 5.92 Å². The first-order valence-electron chi connectivity index (χ1n) is 9.85. The Morgan fingerprint density at radius 2 is 1.64 bits per heavy atom. The topological polar surface area (TPSA) is 29.1 Å². The number of unbranched alkanes of at least 4 members (excludes halogenated alkanes) is 2. The molecule has 1 N–H and O–H groups in total. The van der Waals surface area contributed by atoms with Gasteiger partial charge in [0.1, 0.15) is 0 Å². The second kappa shape index (κ2) is 10.9. The van der Waals surface area contributed by atoms with E-state index in [1.165, 1.54) is 12.1 Å². The van der Waals surface area contributed by atoms with Crippen LogP contribution < -0.4 is 5.32 Å². The van der Waals surface area contributed by atoms with Gasteiger partial charge in [-0.15, -0.1) is 0 Å². The van der Waals surface area contributed by atoms with Crippen LogP contribution in [0.15, 0.2) is 54.6 Å². The molecule has 152 valence electrons. The van der Waals surface area contributed by atoms with Crippen LogP contribution in [0, 0.1) is 5.92 Å². The largest absolute Gasteiger partial charge is 0.416 e. The molecule has 0 heterocycles. The lowest BCUT2D eigenvalue weighted by Gasteiger charge is -2.17. The van der Waals surface area contributed by atoms with Crippen molar-refractivity contribution in [2.75, 3.05) is 0 Å². The first-order chi connectivity index (χ1) is 13.4. The molecule has 0 fully saturated rings. The van der Waals surface area contributed by atoms with Crippen molar-refractivity contribution in [2.45, 2.75) is 58.2 Å². The van der Waals surface area contributed by atoms with Gasteiger partial charge in [0.2, 0.25) is 5.91 Å². The Kier molecular flexibility index (Phi) is 8.55. The predicted molar refractivity (Wildman–Crippen MR) is 106 cm³/mol. The molecule has 0 saturated heterocycles. The summed E-state index contributed by atoms with van der Waals surface area (Å²) in [6, 6.07) is 15.0. The molecule has 0 aliphatic heterocycles. The molecule has 0 aliphatic carbocycles. The Bertz CT molecular complexity index is 711. The maximum Gasteiger partial charge on any atom is 0.416 e. The molecule has 1 amide bonds. The number of halogens is 3. The maximum absolute atomic E-state index is 12.7. The van der Waals surface area contributed by atoms with Crippen molar-refractivity contribution in [3.8, 4) is 0 Å². The molecule has 1 atom stereocenters. The standard InChI is InChI=1S/C23H28F3NO/c1-2-3-5-10-20(15-18-11-13-21(14-12-18)23(24,25)26)16-22(28)27-17-19-8-6-4-7-9-19/h4,6-9,11-14,20H,2-3,5,10,15-17H2,1H3,(H,27,28). The van der Waals surface area contributed by atoms with Gasteiger partial charge in [0.05, 0.1) is 5.56 Å². The zero-order valence-electron chi connectivity index (χ0n) is 16.3. The number of hydrogen-bond donors (Lipinski definition) is 1. The summed E-state index contributed by atoms with van der Waals surface area (Å²) in [5, 5.41) is 2.95. The Balaban J connectivity index is 1.93. The van der Waals surface area contributed by atoms with Crippen molar-refractivity contribution in [3.05, 3.63) is 71.3 Å². The minimum atomic E-state index is -4.32. The number of amides is 1. The molecular weight excluding hydrogens is 363 g/mol. The van der Waals surface area contributed by atoms with Crippen LogP contribution in [0.25, 0.3) is 0 Å². The zero-order chi connectivity index (χ0) is 20.4. The number of carbonyl (C=O) groups is 1. The number of hydrogen-bond acceptors (Lipinski definition) is 1. The Morgan fingerprint density at radius 1 is 0.964 bits per heavy atom. The molecule has 0 saturated carbocycles. The van der Waals surface area contributed by atoms with Crippen LogP contribution in [0.4, 0.5) is 13.2 Å². The van der Waals surface area contributed by atoms with E-state index < -0.39 is 11.7 Å². The zero-order valence-corrected chi connectivity index (χ0v) is 16.3. The molecule has 0 aliphatic rings. The monoisotopic (exact) mass is 391 g/mol. The van der Waals surface area contributed by atoms with Crippen LogP contribution >= 0.6 is 0 Å². The number of carbonyl (C=O) groups excluding carboxylic acids is 1. The van der Waals surface area contributed by atoms with E-state index in [0.717, 1.165) is 48.9 Å². The highest BCUT2D eigenvalue weighted by Crippen LogP contribution is 2.30. The number of rotatable bonds is 10. The molecule has 2 nitrogen and oxygen atoms in total. The highest BCUT2D eigenvalue weighted by molar-refractivity contribution is 5.76. The summed E-state index contributed by atoms with van der Waals surface area (Å²) in [7, 11) is 0. The minimum absolute atomic E-state index is 0.0164. The summed E-state index contributed by atoms with van der Waals surface area (Å²) >= 11 is 0. The van der Waals surface area contributed by atoms with Crippen LogP contribution in [-0.2, 0) is 23.9 Å². The van der Waals surface area contributed by atoms with Crippen LogP contribution in [0.1, 0.15) is 55.7 Å². The lowest BCUT2D eigenvalue weighted by Crippen LogP contribution is -2.26. The fraction of sp³-hybridized carbons (Fsp3) is 0.435. The smallest absolute Gasteiger partial charge is 0.352 e. The van der Waals surface area contributed by atoms with Crippen LogP contribution in [0.2, 0.25) is 0 Å². The molecule has 0 aromatic heterocycles. The van der Waals surface area contributed by atoms with E-state index in [2.05, 4.69) is 12.2 Å². The van der Waals surface area contributed by atoms with E-state index >= 15 is 0 Å². The van der Waals surface area contributed by atoms with E-state index in [9.17, 15) is 18.0 Å². The molecule has 2 aromatic carbocycles. The van der Waals surface area contributed by atoms with Gasteiger partial charge in [0, 0.05) is 13.0 Å². The molecule has 2 aromatic rings. The average molecular weight is 391 g/mol. The Labute approximate surface area is 165 Å². The Morgan fingerprint density at radius 3 is 2.25 bits per heavy atom. The van der Waals surface area contributed by atoms with Gasteiger partial charge in [-0.05, 0) is 42.0 Å². The van der Waals surface area contributed by atoms with Crippen LogP contribution in [0.5, 0.6) is 0 Å². The molecule has 0 radical (unpaired) electrons. The normalized spacial score (nSPS) is 12.6. The highest BCUT2D eigenvalue weighted by atomic mass is 19.4. The summed E-state index contributed by atoms with van der Waals surface area (Å²) < 4.78 is 38.2. The summed E-state index contributed by atoms with van der Waals surface area (Å²) in [4.78, 5) is 12.4. The number of nitrogens with one attached hydrogen (secondary N) is 1. The number of benzene rings is 2. The first-order valence-corrected chi connectivity index (χ1v) is 9.85. The van der Waals surface area contributed by atoms with Crippen molar-refractivity contribution in [3.63, 3.8) is 0 Å². The van der Waals surface area contributed by atoms with E-state index in [1.54, 1.807) is 0 Å². The Hall–Kier alpha value is -2.30. The fourth-order valence-corrected chi connectivity index (χ4v) is 3.25. The van der Waals surface area contributed by atoms with Gasteiger partial charge in [-0.25, -0.2) is 0 Å². The highest BCUT2D eigenvalue weighted by Gasteiger charge is 2.30. The molecule has 28 heavy (non-hydrogen) atoms. The lowest BCUT2D eigenvalue weighted by atomic mass is 9.90. The molecular formula is C23H28F3NO. The van der Waals surface area contributed by atoms with Crippen LogP contribution in [-0.4, -0.2) is 5.91 Å². The second-order valence-corrected chi connectivity index (χ2v) is 7.23. The molecule has 0 bridgehead atoms. The maximum atomic E-state index is 12.7.